The first-order valence-corrected chi connectivity index (χ1v) is 23.5. The van der Waals surface area contributed by atoms with Crippen LogP contribution in [-0.2, 0) is 26.6 Å². The summed E-state index contributed by atoms with van der Waals surface area (Å²) in [5.41, 5.74) is -4.46. The second kappa shape index (κ2) is 16.8. The van der Waals surface area contributed by atoms with E-state index in [1.807, 2.05) is 0 Å². The van der Waals surface area contributed by atoms with Crippen molar-refractivity contribution in [1.82, 2.24) is 0 Å². The molecule has 5 rings (SSSR count). The fourth-order valence-corrected chi connectivity index (χ4v) is 17.9. The van der Waals surface area contributed by atoms with Crippen molar-refractivity contribution in [2.24, 2.45) is 0 Å². The maximum Gasteiger partial charge on any atom is 0.509 e. The van der Waals surface area contributed by atoms with Crippen LogP contribution >= 0.6 is 0 Å². The highest BCUT2D eigenvalue weighted by atomic mass is 28.5. The standard InChI is InChI=1S/C42H60O6Si2/c1-7-38(27-17-12-18-28-38)44-49(43-6,45-39(8-2)29-19-13-20-30-39)37-50(46-40(9-3)31-21-14-22-32-40,47-41(10-4)33-23-15-24-34-41)48-42(11-5)35-25-16-26-36-42/h1-5H,12-37H2,6H3. The van der Waals surface area contributed by atoms with E-state index in [-0.39, 0.29) is 5.67 Å². The van der Waals surface area contributed by atoms with Gasteiger partial charge in [-0.1, -0.05) is 61.7 Å². The zero-order valence-corrected chi connectivity index (χ0v) is 32.7. The van der Waals surface area contributed by atoms with Gasteiger partial charge in [0.15, 0.2) is 0 Å². The molecule has 5 aliphatic rings. The largest absolute Gasteiger partial charge is 0.509 e. The first-order valence-electron chi connectivity index (χ1n) is 19.6. The Labute approximate surface area is 306 Å². The molecule has 6 nitrogen and oxygen atoms in total. The molecule has 0 aromatic heterocycles. The van der Waals surface area contributed by atoms with Crippen LogP contribution in [0.5, 0.6) is 0 Å². The molecule has 0 spiro atoms. The predicted octanol–water partition coefficient (Wildman–Crippen LogP) is 8.81. The average molecular weight is 717 g/mol. The van der Waals surface area contributed by atoms with Gasteiger partial charge < -0.3 is 26.6 Å². The summed E-state index contributed by atoms with van der Waals surface area (Å²) in [6, 6.07) is 0. The van der Waals surface area contributed by atoms with Gasteiger partial charge in [-0.2, -0.15) is 0 Å². The van der Waals surface area contributed by atoms with Crippen molar-refractivity contribution in [2.45, 2.75) is 194 Å². The van der Waals surface area contributed by atoms with E-state index in [0.717, 1.165) is 96.3 Å². The van der Waals surface area contributed by atoms with Crippen LogP contribution in [0, 0.1) is 61.7 Å². The minimum absolute atomic E-state index is 0.0691. The molecule has 0 amide bonds. The van der Waals surface area contributed by atoms with E-state index in [4.69, 9.17) is 58.7 Å². The molecule has 0 atom stereocenters. The van der Waals surface area contributed by atoms with E-state index in [1.165, 1.54) is 0 Å². The van der Waals surface area contributed by atoms with Gasteiger partial charge in [-0.15, -0.1) is 32.1 Å². The van der Waals surface area contributed by atoms with Crippen molar-refractivity contribution < 1.29 is 26.6 Å². The van der Waals surface area contributed by atoms with Gasteiger partial charge in [0.05, 0.1) is 5.67 Å². The lowest BCUT2D eigenvalue weighted by Gasteiger charge is -2.51. The molecule has 5 aliphatic carbocycles. The Morgan fingerprint density at radius 2 is 0.560 bits per heavy atom. The molecule has 0 N–H and O–H groups in total. The normalized spacial score (nSPS) is 25.8. The van der Waals surface area contributed by atoms with Crippen LogP contribution in [0.1, 0.15) is 161 Å². The van der Waals surface area contributed by atoms with Crippen LogP contribution in [-0.4, -0.2) is 52.7 Å². The van der Waals surface area contributed by atoms with E-state index in [0.29, 0.717) is 64.2 Å². The van der Waals surface area contributed by atoms with Crippen LogP contribution in [0.25, 0.3) is 0 Å². The minimum atomic E-state index is -4.13. The molecular weight excluding hydrogens is 657 g/mol. The summed E-state index contributed by atoms with van der Waals surface area (Å²) in [7, 11) is -6.44. The van der Waals surface area contributed by atoms with Crippen molar-refractivity contribution >= 4 is 17.6 Å². The number of terminal acetylenes is 5. The van der Waals surface area contributed by atoms with Crippen LogP contribution in [0.2, 0.25) is 5.67 Å². The van der Waals surface area contributed by atoms with E-state index >= 15 is 0 Å². The van der Waals surface area contributed by atoms with Gasteiger partial charge in [-0.3, -0.25) is 0 Å². The molecule has 0 radical (unpaired) electrons. The van der Waals surface area contributed by atoms with Gasteiger partial charge in [0.25, 0.3) is 0 Å². The molecule has 50 heavy (non-hydrogen) atoms. The smallest absolute Gasteiger partial charge is 0.377 e. The van der Waals surface area contributed by atoms with Crippen molar-refractivity contribution in [3.8, 4) is 61.7 Å². The van der Waals surface area contributed by atoms with Gasteiger partial charge >= 0.3 is 17.6 Å². The van der Waals surface area contributed by atoms with Gasteiger partial charge in [-0.25, -0.2) is 0 Å². The zero-order valence-electron chi connectivity index (χ0n) is 30.7. The molecule has 0 aromatic carbocycles. The Kier molecular flexibility index (Phi) is 13.1. The third kappa shape index (κ3) is 8.95. The maximum atomic E-state index is 7.50. The van der Waals surface area contributed by atoms with Crippen LogP contribution < -0.4 is 0 Å². The lowest BCUT2D eigenvalue weighted by molar-refractivity contribution is -0.0985. The van der Waals surface area contributed by atoms with Crippen molar-refractivity contribution in [3.05, 3.63) is 0 Å². The summed E-state index contributed by atoms with van der Waals surface area (Å²) < 4.78 is 43.8. The molecule has 5 saturated carbocycles. The molecule has 0 aromatic rings. The second-order valence-corrected chi connectivity index (χ2v) is 21.3. The Hall–Kier alpha value is -2.01. The Morgan fingerprint density at radius 3 is 0.740 bits per heavy atom. The highest BCUT2D eigenvalue weighted by molar-refractivity contribution is 6.80. The molecular formula is C42H60O6Si2. The Morgan fingerprint density at radius 1 is 0.360 bits per heavy atom. The fourth-order valence-electron chi connectivity index (χ4n) is 9.17. The quantitative estimate of drug-likeness (QED) is 0.140. The minimum Gasteiger partial charge on any atom is -0.377 e. The van der Waals surface area contributed by atoms with Crippen LogP contribution in [0.15, 0.2) is 0 Å². The number of hydrogen-bond donors (Lipinski definition) is 0. The summed E-state index contributed by atoms with van der Waals surface area (Å²) >= 11 is 0. The first-order chi connectivity index (χ1) is 24.1. The molecule has 5 fully saturated rings. The monoisotopic (exact) mass is 716 g/mol. The van der Waals surface area contributed by atoms with Crippen LogP contribution in [0.4, 0.5) is 0 Å². The van der Waals surface area contributed by atoms with Crippen molar-refractivity contribution in [3.63, 3.8) is 0 Å². The molecule has 0 unspecified atom stereocenters. The van der Waals surface area contributed by atoms with Gasteiger partial charge in [-0.05, 0) is 128 Å². The number of hydrogen-bond acceptors (Lipinski definition) is 6. The maximum absolute atomic E-state index is 7.50. The van der Waals surface area contributed by atoms with E-state index in [1.54, 1.807) is 7.11 Å². The van der Waals surface area contributed by atoms with Crippen molar-refractivity contribution in [2.75, 3.05) is 7.11 Å². The fraction of sp³-hybridized carbons (Fsp3) is 0.762. The summed E-state index contributed by atoms with van der Waals surface area (Å²) in [5.74, 6) is 15.4. The Balaban J connectivity index is 1.72. The highest BCUT2D eigenvalue weighted by Gasteiger charge is 2.66. The molecule has 0 bridgehead atoms. The number of rotatable bonds is 13. The van der Waals surface area contributed by atoms with E-state index < -0.39 is 45.6 Å². The first kappa shape index (κ1) is 39.2. The highest BCUT2D eigenvalue weighted by Crippen LogP contribution is 2.48. The average Bonchev–Trinajstić information content (AvgIpc) is 3.16. The van der Waals surface area contributed by atoms with E-state index in [9.17, 15) is 0 Å². The molecule has 272 valence electrons. The molecule has 0 heterocycles. The molecule has 0 saturated heterocycles. The van der Waals surface area contributed by atoms with Crippen molar-refractivity contribution in [1.29, 1.82) is 0 Å². The molecule has 0 aliphatic heterocycles. The topological polar surface area (TPSA) is 55.4 Å². The SMILES string of the molecule is C#CC1(O[Si](C[Si](OC2(C#C)CCCCC2)(OC2(C#C)CCCCC2)OC2(C#C)CCCCC2)(OC)OC2(C#C)CCCCC2)CCCCC1. The summed E-state index contributed by atoms with van der Waals surface area (Å²) in [5, 5.41) is 0. The second-order valence-electron chi connectivity index (χ2n) is 15.8. The third-order valence-electron chi connectivity index (χ3n) is 12.1. The summed E-state index contributed by atoms with van der Waals surface area (Å²) in [6.07, 6.45) is 53.9. The third-order valence-corrected chi connectivity index (χ3v) is 19.7. The van der Waals surface area contributed by atoms with Gasteiger partial charge in [0.1, 0.15) is 28.0 Å². The zero-order chi connectivity index (χ0) is 35.7. The summed E-state index contributed by atoms with van der Waals surface area (Å²) in [4.78, 5) is 0. The van der Waals surface area contributed by atoms with Gasteiger partial charge in [0.2, 0.25) is 0 Å². The molecule has 8 heteroatoms. The lowest BCUT2D eigenvalue weighted by atomic mass is 9.86. The Bertz CT molecular complexity index is 1210. The van der Waals surface area contributed by atoms with E-state index in [2.05, 4.69) is 29.6 Å². The van der Waals surface area contributed by atoms with Crippen LogP contribution in [0.3, 0.4) is 0 Å². The summed E-state index contributed by atoms with van der Waals surface area (Å²) in [6.45, 7) is 0. The van der Waals surface area contributed by atoms with Gasteiger partial charge in [0, 0.05) is 7.11 Å². The lowest BCUT2D eigenvalue weighted by Crippen LogP contribution is -2.68. The predicted molar refractivity (Wildman–Crippen MR) is 202 cm³/mol.